The van der Waals surface area contributed by atoms with Gasteiger partial charge >= 0.3 is 0 Å². The average molecular weight is 347 g/mol. The third kappa shape index (κ3) is 5.00. The van der Waals surface area contributed by atoms with E-state index in [1.165, 1.54) is 0 Å². The molecule has 1 aromatic rings. The highest BCUT2D eigenvalue weighted by Gasteiger charge is 2.21. The molecule has 4 nitrogen and oxygen atoms in total. The van der Waals surface area contributed by atoms with E-state index in [0.717, 1.165) is 45.0 Å². The second-order valence-electron chi connectivity index (χ2n) is 6.02. The van der Waals surface area contributed by atoms with Crippen LogP contribution in [0.1, 0.15) is 5.56 Å². The van der Waals surface area contributed by atoms with Crippen molar-refractivity contribution in [3.63, 3.8) is 0 Å². The van der Waals surface area contributed by atoms with E-state index in [9.17, 15) is 0 Å². The molecular weight excluding hydrogens is 323 g/mol. The zero-order chi connectivity index (χ0) is 16.1. The van der Waals surface area contributed by atoms with E-state index in [0.29, 0.717) is 21.7 Å². The minimum atomic E-state index is 0.498. The van der Waals surface area contributed by atoms with Gasteiger partial charge in [-0.1, -0.05) is 23.2 Å². The lowest BCUT2D eigenvalue weighted by molar-refractivity contribution is 0.112. The summed E-state index contributed by atoms with van der Waals surface area (Å²) in [7, 11) is 5.82. The Morgan fingerprint density at radius 2 is 2.14 bits per heavy atom. The molecule has 1 atom stereocenters. The molecule has 0 aromatic heterocycles. The van der Waals surface area contributed by atoms with Gasteiger partial charge in [0.25, 0.3) is 0 Å². The Bertz CT molecular complexity index is 497. The van der Waals surface area contributed by atoms with E-state index in [1.54, 1.807) is 13.2 Å². The van der Waals surface area contributed by atoms with Crippen LogP contribution in [0.15, 0.2) is 12.1 Å². The molecule has 124 valence electrons. The van der Waals surface area contributed by atoms with Crippen LogP contribution >= 0.6 is 23.2 Å². The smallest absolute Gasteiger partial charge is 0.142 e. The van der Waals surface area contributed by atoms with E-state index < -0.39 is 0 Å². The van der Waals surface area contributed by atoms with Crippen molar-refractivity contribution in [1.82, 2.24) is 9.80 Å². The van der Waals surface area contributed by atoms with E-state index in [4.69, 9.17) is 32.7 Å². The highest BCUT2D eigenvalue weighted by Crippen LogP contribution is 2.33. The molecule has 0 radical (unpaired) electrons. The van der Waals surface area contributed by atoms with Crippen LogP contribution in [0, 0.1) is 5.92 Å². The van der Waals surface area contributed by atoms with Crippen molar-refractivity contribution in [2.75, 3.05) is 54.1 Å². The second kappa shape index (κ2) is 8.37. The van der Waals surface area contributed by atoms with Crippen molar-refractivity contribution < 1.29 is 9.47 Å². The molecule has 0 aliphatic carbocycles. The first kappa shape index (κ1) is 17.8. The molecule has 0 spiro atoms. The minimum absolute atomic E-state index is 0.498. The van der Waals surface area contributed by atoms with Crippen molar-refractivity contribution in [2.24, 2.45) is 5.92 Å². The van der Waals surface area contributed by atoms with Crippen molar-refractivity contribution >= 4 is 23.2 Å². The molecule has 22 heavy (non-hydrogen) atoms. The van der Waals surface area contributed by atoms with Gasteiger partial charge in [0.2, 0.25) is 0 Å². The van der Waals surface area contributed by atoms with E-state index in [-0.39, 0.29) is 0 Å². The third-order valence-electron chi connectivity index (χ3n) is 3.73. The van der Waals surface area contributed by atoms with Gasteiger partial charge in [0, 0.05) is 42.7 Å². The van der Waals surface area contributed by atoms with Crippen molar-refractivity contribution in [2.45, 2.75) is 6.54 Å². The SMILES string of the molecule is COc1c(Cl)cc(Cl)cc1CN1CCOC[C@H](CN(C)C)C1. The van der Waals surface area contributed by atoms with Crippen LogP contribution in [0.2, 0.25) is 10.0 Å². The number of hydrogen-bond donors (Lipinski definition) is 0. The molecule has 1 aliphatic rings. The molecule has 1 heterocycles. The molecule has 1 fully saturated rings. The van der Waals surface area contributed by atoms with Gasteiger partial charge in [0.1, 0.15) is 5.75 Å². The fourth-order valence-corrected chi connectivity index (χ4v) is 3.54. The Labute approximate surface area is 142 Å². The van der Waals surface area contributed by atoms with Gasteiger partial charge in [0.05, 0.1) is 25.3 Å². The Morgan fingerprint density at radius 3 is 2.82 bits per heavy atom. The molecule has 1 aliphatic heterocycles. The number of halogens is 2. The predicted molar refractivity (Wildman–Crippen MR) is 91.2 cm³/mol. The molecule has 0 N–H and O–H groups in total. The van der Waals surface area contributed by atoms with Crippen LogP contribution in [-0.2, 0) is 11.3 Å². The third-order valence-corrected chi connectivity index (χ3v) is 4.23. The predicted octanol–water partition coefficient (Wildman–Crippen LogP) is 3.01. The highest BCUT2D eigenvalue weighted by molar-refractivity contribution is 6.35. The first-order chi connectivity index (χ1) is 10.5. The van der Waals surface area contributed by atoms with E-state index in [1.807, 2.05) is 6.07 Å². The van der Waals surface area contributed by atoms with Gasteiger partial charge in [-0.15, -0.1) is 0 Å². The summed E-state index contributed by atoms with van der Waals surface area (Å²) in [5, 5.41) is 1.19. The van der Waals surface area contributed by atoms with Crippen LogP contribution in [0.4, 0.5) is 0 Å². The normalized spacial score (nSPS) is 20.2. The van der Waals surface area contributed by atoms with Crippen molar-refractivity contribution in [3.05, 3.63) is 27.7 Å². The number of ether oxygens (including phenoxy) is 2. The molecule has 2 rings (SSSR count). The number of hydrogen-bond acceptors (Lipinski definition) is 4. The van der Waals surface area contributed by atoms with Crippen molar-refractivity contribution in [1.29, 1.82) is 0 Å². The van der Waals surface area contributed by atoms with Gasteiger partial charge in [-0.25, -0.2) is 0 Å². The monoisotopic (exact) mass is 346 g/mol. The number of benzene rings is 1. The molecule has 0 bridgehead atoms. The Hall–Kier alpha value is -0.520. The van der Waals surface area contributed by atoms with Crippen LogP contribution in [0.25, 0.3) is 0 Å². The van der Waals surface area contributed by atoms with Crippen LogP contribution < -0.4 is 4.74 Å². The topological polar surface area (TPSA) is 24.9 Å². The number of methoxy groups -OCH3 is 1. The van der Waals surface area contributed by atoms with Crippen LogP contribution in [0.3, 0.4) is 0 Å². The van der Waals surface area contributed by atoms with E-state index in [2.05, 4.69) is 23.9 Å². The standard InChI is InChI=1S/C16H24Cl2N2O2/c1-19(2)8-12-9-20(4-5-22-11-12)10-13-6-14(17)7-15(18)16(13)21-3/h6-7,12H,4-5,8-11H2,1-3H3/t12-/m1/s1. The van der Waals surface area contributed by atoms with Crippen LogP contribution in [0.5, 0.6) is 5.75 Å². The van der Waals surface area contributed by atoms with Gasteiger partial charge in [-0.2, -0.15) is 0 Å². The molecule has 1 aromatic carbocycles. The summed E-state index contributed by atoms with van der Waals surface area (Å²) in [5.41, 5.74) is 1.02. The maximum absolute atomic E-state index is 6.22. The number of nitrogens with zero attached hydrogens (tertiary/aromatic N) is 2. The minimum Gasteiger partial charge on any atom is -0.495 e. The fraction of sp³-hybridized carbons (Fsp3) is 0.625. The second-order valence-corrected chi connectivity index (χ2v) is 6.86. The molecule has 0 amide bonds. The van der Waals surface area contributed by atoms with Crippen molar-refractivity contribution in [3.8, 4) is 5.75 Å². The average Bonchev–Trinajstić information content (AvgIpc) is 2.62. The molecular formula is C16H24Cl2N2O2. The number of rotatable bonds is 5. The van der Waals surface area contributed by atoms with E-state index >= 15 is 0 Å². The summed E-state index contributed by atoms with van der Waals surface area (Å²) < 4.78 is 11.2. The van der Waals surface area contributed by atoms with Gasteiger partial charge < -0.3 is 14.4 Å². The summed E-state index contributed by atoms with van der Waals surface area (Å²) in [5.74, 6) is 1.21. The summed E-state index contributed by atoms with van der Waals surface area (Å²) >= 11 is 12.4. The quantitative estimate of drug-likeness (QED) is 0.818. The maximum Gasteiger partial charge on any atom is 0.142 e. The Morgan fingerprint density at radius 1 is 1.36 bits per heavy atom. The molecule has 1 saturated heterocycles. The first-order valence-corrected chi connectivity index (χ1v) is 8.22. The lowest BCUT2D eigenvalue weighted by Gasteiger charge is -2.26. The Balaban J connectivity index is 2.11. The molecule has 0 saturated carbocycles. The zero-order valence-electron chi connectivity index (χ0n) is 13.4. The summed E-state index contributed by atoms with van der Waals surface area (Å²) in [6.45, 7) is 5.23. The summed E-state index contributed by atoms with van der Waals surface area (Å²) in [4.78, 5) is 4.58. The Kier molecular flexibility index (Phi) is 6.78. The lowest BCUT2D eigenvalue weighted by atomic mass is 10.1. The van der Waals surface area contributed by atoms with Gasteiger partial charge in [0.15, 0.2) is 0 Å². The highest BCUT2D eigenvalue weighted by atomic mass is 35.5. The summed E-state index contributed by atoms with van der Waals surface area (Å²) in [6.07, 6.45) is 0. The van der Waals surface area contributed by atoms with Gasteiger partial charge in [-0.05, 0) is 26.2 Å². The molecule has 0 unspecified atom stereocenters. The van der Waals surface area contributed by atoms with Gasteiger partial charge in [-0.3, -0.25) is 4.90 Å². The lowest BCUT2D eigenvalue weighted by Crippen LogP contribution is -2.34. The first-order valence-electron chi connectivity index (χ1n) is 7.46. The summed E-state index contributed by atoms with van der Waals surface area (Å²) in [6, 6.07) is 3.64. The molecule has 6 heteroatoms. The largest absolute Gasteiger partial charge is 0.495 e. The fourth-order valence-electron chi connectivity index (χ4n) is 2.92. The zero-order valence-corrected chi connectivity index (χ0v) is 15.0. The van der Waals surface area contributed by atoms with Crippen LogP contribution in [-0.4, -0.2) is 63.9 Å². The maximum atomic E-state index is 6.22.